The quantitative estimate of drug-likeness (QED) is 0.0428. The van der Waals surface area contributed by atoms with Crippen molar-refractivity contribution in [3.8, 4) is 0 Å². The summed E-state index contributed by atoms with van der Waals surface area (Å²) in [5.41, 5.74) is 0. The predicted octanol–water partition coefficient (Wildman–Crippen LogP) is 13.2. The molecule has 0 fully saturated rings. The first-order chi connectivity index (χ1) is 23.3. The van der Waals surface area contributed by atoms with E-state index in [9.17, 15) is 4.79 Å². The molecule has 0 aliphatic heterocycles. The van der Waals surface area contributed by atoms with E-state index in [0.717, 1.165) is 103 Å². The molecule has 1 unspecified atom stereocenters. The van der Waals surface area contributed by atoms with Crippen molar-refractivity contribution in [3.63, 3.8) is 0 Å². The number of ether oxygens (including phenoxy) is 2. The van der Waals surface area contributed by atoms with Crippen LogP contribution in [-0.2, 0) is 14.3 Å². The van der Waals surface area contributed by atoms with E-state index in [1.165, 1.54) is 0 Å². The van der Waals surface area contributed by atoms with Crippen LogP contribution in [0.4, 0.5) is 0 Å². The summed E-state index contributed by atoms with van der Waals surface area (Å²) in [4.78, 5) is 12.4. The fraction of sp³-hybridized carbons (Fsp3) is 0.523. The molecule has 0 aromatic rings. The van der Waals surface area contributed by atoms with Crippen LogP contribution < -0.4 is 0 Å². The highest BCUT2D eigenvalue weighted by Crippen LogP contribution is 2.07. The van der Waals surface area contributed by atoms with Gasteiger partial charge in [-0.1, -0.05) is 142 Å². The van der Waals surface area contributed by atoms with E-state index in [0.29, 0.717) is 19.6 Å². The lowest BCUT2D eigenvalue weighted by Gasteiger charge is -2.15. The average molecular weight is 645 g/mol. The Bertz CT molecular complexity index is 984. The van der Waals surface area contributed by atoms with Crippen LogP contribution in [-0.4, -0.2) is 25.3 Å². The standard InChI is InChI=1S/C44H68O3/c1-4-7-9-11-13-15-17-19-21-23-25-27-29-31-33-35-37-39-41-46-43(6-3)44(45)47-42-40-38-36-34-32-30-28-26-24-22-20-18-16-14-12-10-8-5-2/h7-10,13-16,19-22,25-28,31-34,43H,4-6,11-12,17-18,23-24,29-30,35-42H2,1-3H3/b9-7-,10-8-,15-13-,16-14-,21-19-,22-20-,27-25-,28-26-,33-31-,34-32-. The number of rotatable bonds is 31. The highest BCUT2D eigenvalue weighted by Gasteiger charge is 2.18. The Morgan fingerprint density at radius 1 is 0.426 bits per heavy atom. The molecule has 0 saturated heterocycles. The molecule has 262 valence electrons. The molecule has 0 rings (SSSR count). The summed E-state index contributed by atoms with van der Waals surface area (Å²) in [5.74, 6) is -0.222. The average Bonchev–Trinajstić information content (AvgIpc) is 3.08. The zero-order valence-electron chi connectivity index (χ0n) is 30.3. The van der Waals surface area contributed by atoms with Crippen molar-refractivity contribution in [2.75, 3.05) is 13.2 Å². The summed E-state index contributed by atoms with van der Waals surface area (Å²) in [6, 6.07) is 0. The Balaban J connectivity index is 3.71. The lowest BCUT2D eigenvalue weighted by atomic mass is 10.2. The lowest BCUT2D eigenvalue weighted by Crippen LogP contribution is -2.26. The van der Waals surface area contributed by atoms with Gasteiger partial charge in [0.25, 0.3) is 0 Å². The first-order valence-corrected chi connectivity index (χ1v) is 18.5. The van der Waals surface area contributed by atoms with Gasteiger partial charge in [-0.25, -0.2) is 4.79 Å². The summed E-state index contributed by atoms with van der Waals surface area (Å²) in [6.07, 6.45) is 60.7. The van der Waals surface area contributed by atoms with Gasteiger partial charge in [-0.15, -0.1) is 0 Å². The fourth-order valence-electron chi connectivity index (χ4n) is 4.31. The minimum Gasteiger partial charge on any atom is -0.464 e. The van der Waals surface area contributed by atoms with Crippen LogP contribution in [0.1, 0.15) is 130 Å². The normalized spacial score (nSPS) is 13.9. The maximum absolute atomic E-state index is 12.4. The number of hydrogen-bond acceptors (Lipinski definition) is 3. The summed E-state index contributed by atoms with van der Waals surface area (Å²) >= 11 is 0. The van der Waals surface area contributed by atoms with Crippen molar-refractivity contribution < 1.29 is 14.3 Å². The largest absolute Gasteiger partial charge is 0.464 e. The van der Waals surface area contributed by atoms with Gasteiger partial charge >= 0.3 is 5.97 Å². The van der Waals surface area contributed by atoms with Crippen molar-refractivity contribution in [2.45, 2.75) is 136 Å². The van der Waals surface area contributed by atoms with Gasteiger partial charge in [-0.3, -0.25) is 0 Å². The molecule has 0 aromatic carbocycles. The monoisotopic (exact) mass is 645 g/mol. The Morgan fingerprint density at radius 2 is 0.745 bits per heavy atom. The van der Waals surface area contributed by atoms with Crippen molar-refractivity contribution in [1.82, 2.24) is 0 Å². The van der Waals surface area contributed by atoms with E-state index in [1.54, 1.807) is 0 Å². The van der Waals surface area contributed by atoms with Gasteiger partial charge in [-0.2, -0.15) is 0 Å². The third kappa shape index (κ3) is 35.5. The van der Waals surface area contributed by atoms with Crippen molar-refractivity contribution in [3.05, 3.63) is 122 Å². The molecule has 0 heterocycles. The van der Waals surface area contributed by atoms with Crippen LogP contribution in [0.25, 0.3) is 0 Å². The van der Waals surface area contributed by atoms with Crippen LogP contribution in [0, 0.1) is 0 Å². The number of carbonyl (C=O) groups is 1. The van der Waals surface area contributed by atoms with Crippen LogP contribution >= 0.6 is 0 Å². The third-order valence-electron chi connectivity index (χ3n) is 7.04. The number of unbranched alkanes of at least 4 members (excludes halogenated alkanes) is 4. The Hall–Kier alpha value is -3.17. The van der Waals surface area contributed by atoms with Crippen LogP contribution in [0.2, 0.25) is 0 Å². The Kier molecular flexibility index (Phi) is 36.4. The fourth-order valence-corrected chi connectivity index (χ4v) is 4.31. The molecule has 0 amide bonds. The number of allylic oxidation sites excluding steroid dienone is 20. The van der Waals surface area contributed by atoms with E-state index in [2.05, 4.69) is 135 Å². The summed E-state index contributed by atoms with van der Waals surface area (Å²) in [7, 11) is 0. The zero-order chi connectivity index (χ0) is 34.1. The molecular weight excluding hydrogens is 576 g/mol. The first-order valence-electron chi connectivity index (χ1n) is 18.5. The van der Waals surface area contributed by atoms with Crippen molar-refractivity contribution in [1.29, 1.82) is 0 Å². The van der Waals surface area contributed by atoms with Crippen molar-refractivity contribution >= 4 is 5.97 Å². The van der Waals surface area contributed by atoms with Gasteiger partial charge in [-0.05, 0) is 109 Å². The molecule has 0 aliphatic rings. The van der Waals surface area contributed by atoms with Crippen LogP contribution in [0.5, 0.6) is 0 Å². The maximum Gasteiger partial charge on any atom is 0.335 e. The molecule has 3 nitrogen and oxygen atoms in total. The third-order valence-corrected chi connectivity index (χ3v) is 7.04. The van der Waals surface area contributed by atoms with Gasteiger partial charge in [0.1, 0.15) is 0 Å². The van der Waals surface area contributed by atoms with Gasteiger partial charge < -0.3 is 9.47 Å². The summed E-state index contributed by atoms with van der Waals surface area (Å²) in [5, 5.41) is 0. The molecule has 3 heteroatoms. The van der Waals surface area contributed by atoms with E-state index in [4.69, 9.17) is 9.47 Å². The van der Waals surface area contributed by atoms with Gasteiger partial charge in [0.05, 0.1) is 6.61 Å². The number of carbonyl (C=O) groups excluding carboxylic acids is 1. The molecule has 47 heavy (non-hydrogen) atoms. The molecule has 0 aromatic heterocycles. The summed E-state index contributed by atoms with van der Waals surface area (Å²) in [6.45, 7) is 7.36. The Morgan fingerprint density at radius 3 is 1.09 bits per heavy atom. The smallest absolute Gasteiger partial charge is 0.335 e. The van der Waals surface area contributed by atoms with Gasteiger partial charge in [0, 0.05) is 6.61 Å². The molecule has 0 spiro atoms. The Labute approximate surface area is 290 Å². The maximum atomic E-state index is 12.4. The molecule has 0 saturated carbocycles. The highest BCUT2D eigenvalue weighted by atomic mass is 16.6. The second-order valence-electron chi connectivity index (χ2n) is 11.3. The molecule has 0 radical (unpaired) electrons. The van der Waals surface area contributed by atoms with E-state index >= 15 is 0 Å². The minimum atomic E-state index is -0.449. The molecular formula is C44H68O3. The molecule has 0 N–H and O–H groups in total. The topological polar surface area (TPSA) is 35.5 Å². The number of esters is 1. The van der Waals surface area contributed by atoms with Gasteiger partial charge in [0.15, 0.2) is 6.10 Å². The number of hydrogen-bond donors (Lipinski definition) is 0. The first kappa shape index (κ1) is 43.8. The van der Waals surface area contributed by atoms with Crippen LogP contribution in [0.3, 0.4) is 0 Å². The van der Waals surface area contributed by atoms with E-state index in [1.807, 2.05) is 6.92 Å². The minimum absolute atomic E-state index is 0.222. The summed E-state index contributed by atoms with van der Waals surface area (Å²) < 4.78 is 11.3. The second-order valence-corrected chi connectivity index (χ2v) is 11.3. The highest BCUT2D eigenvalue weighted by molar-refractivity contribution is 5.74. The molecule has 0 aliphatic carbocycles. The van der Waals surface area contributed by atoms with Crippen LogP contribution in [0.15, 0.2) is 122 Å². The SMILES string of the molecule is CC/C=C\C/C=C\C/C=C\C/C=C\C/C=C\CCCCOC(=O)C(CC)OCCCC/C=C\C/C=C\C/C=C\C/C=C\C/C=C\CC. The van der Waals surface area contributed by atoms with Crippen molar-refractivity contribution in [2.24, 2.45) is 0 Å². The molecule has 1 atom stereocenters. The molecule has 0 bridgehead atoms. The second kappa shape index (κ2) is 39.0. The van der Waals surface area contributed by atoms with E-state index < -0.39 is 6.10 Å². The predicted molar refractivity (Wildman–Crippen MR) is 208 cm³/mol. The lowest BCUT2D eigenvalue weighted by molar-refractivity contribution is -0.157. The zero-order valence-corrected chi connectivity index (χ0v) is 30.3. The van der Waals surface area contributed by atoms with Gasteiger partial charge in [0.2, 0.25) is 0 Å². The van der Waals surface area contributed by atoms with E-state index in [-0.39, 0.29) is 5.97 Å².